The summed E-state index contributed by atoms with van der Waals surface area (Å²) >= 11 is 0. The van der Waals surface area contributed by atoms with Crippen molar-refractivity contribution in [2.45, 2.75) is 6.92 Å². The second-order valence-corrected chi connectivity index (χ2v) is 2.49. The standard InChI is InChI=1S/C8H11NO3/c1-6(2)7(10)5-12-8-9-3-4-11-8/h1,3-5H2,2H3. The van der Waals surface area contributed by atoms with Crippen molar-refractivity contribution in [3.05, 3.63) is 12.2 Å². The molecule has 0 radical (unpaired) electrons. The fourth-order valence-corrected chi connectivity index (χ4v) is 0.653. The highest BCUT2D eigenvalue weighted by molar-refractivity contribution is 5.96. The van der Waals surface area contributed by atoms with E-state index < -0.39 is 0 Å². The fraction of sp³-hybridized carbons (Fsp3) is 0.500. The van der Waals surface area contributed by atoms with Gasteiger partial charge in [0.15, 0.2) is 12.4 Å². The molecular weight excluding hydrogens is 158 g/mol. The van der Waals surface area contributed by atoms with Crippen molar-refractivity contribution in [3.8, 4) is 0 Å². The van der Waals surface area contributed by atoms with E-state index in [9.17, 15) is 4.79 Å². The van der Waals surface area contributed by atoms with E-state index in [2.05, 4.69) is 11.6 Å². The first kappa shape index (κ1) is 8.77. The van der Waals surface area contributed by atoms with Crippen LogP contribution in [0.4, 0.5) is 0 Å². The Labute approximate surface area is 70.9 Å². The lowest BCUT2D eigenvalue weighted by Crippen LogP contribution is -2.14. The maximum absolute atomic E-state index is 11.0. The topological polar surface area (TPSA) is 47.9 Å². The second-order valence-electron chi connectivity index (χ2n) is 2.49. The molecule has 0 saturated heterocycles. The predicted octanol–water partition coefficient (Wildman–Crippen LogP) is 0.534. The van der Waals surface area contributed by atoms with Gasteiger partial charge in [-0.05, 0) is 12.5 Å². The quantitative estimate of drug-likeness (QED) is 0.579. The Hall–Kier alpha value is -1.32. The molecule has 0 aliphatic carbocycles. The number of aliphatic imine (C=N–C) groups is 1. The van der Waals surface area contributed by atoms with Crippen LogP contribution in [0.1, 0.15) is 6.92 Å². The highest BCUT2D eigenvalue weighted by Gasteiger charge is 2.10. The van der Waals surface area contributed by atoms with Crippen LogP contribution in [0.5, 0.6) is 0 Å². The van der Waals surface area contributed by atoms with Crippen LogP contribution in [-0.2, 0) is 14.3 Å². The molecule has 0 aromatic heterocycles. The highest BCUT2D eigenvalue weighted by atomic mass is 16.7. The van der Waals surface area contributed by atoms with Gasteiger partial charge in [-0.1, -0.05) is 6.58 Å². The number of ether oxygens (including phenoxy) is 2. The van der Waals surface area contributed by atoms with Gasteiger partial charge in [-0.2, -0.15) is 0 Å². The lowest BCUT2D eigenvalue weighted by molar-refractivity contribution is -0.118. The largest absolute Gasteiger partial charge is 0.449 e. The normalized spacial score (nSPS) is 14.9. The molecule has 66 valence electrons. The van der Waals surface area contributed by atoms with Crippen molar-refractivity contribution in [3.63, 3.8) is 0 Å². The second kappa shape index (κ2) is 3.90. The molecule has 1 aliphatic heterocycles. The molecule has 0 amide bonds. The molecule has 0 fully saturated rings. The van der Waals surface area contributed by atoms with Gasteiger partial charge in [0.2, 0.25) is 0 Å². The molecule has 0 unspecified atom stereocenters. The van der Waals surface area contributed by atoms with E-state index >= 15 is 0 Å². The minimum absolute atomic E-state index is 0.0336. The van der Waals surface area contributed by atoms with Crippen LogP contribution >= 0.6 is 0 Å². The first-order valence-electron chi connectivity index (χ1n) is 3.69. The molecule has 4 heteroatoms. The highest BCUT2D eigenvalue weighted by Crippen LogP contribution is 1.97. The number of carbonyl (C=O) groups excluding carboxylic acids is 1. The number of Topliss-reactive ketones (excluding diaryl/α,β-unsaturated/α-hetero) is 1. The lowest BCUT2D eigenvalue weighted by atomic mass is 10.2. The monoisotopic (exact) mass is 169 g/mol. The molecule has 0 aromatic carbocycles. The van der Waals surface area contributed by atoms with Crippen molar-refractivity contribution in [2.75, 3.05) is 19.8 Å². The molecule has 0 spiro atoms. The van der Waals surface area contributed by atoms with Crippen molar-refractivity contribution in [2.24, 2.45) is 4.99 Å². The van der Waals surface area contributed by atoms with Crippen LogP contribution in [0.15, 0.2) is 17.1 Å². The zero-order valence-corrected chi connectivity index (χ0v) is 7.00. The van der Waals surface area contributed by atoms with Crippen molar-refractivity contribution in [1.82, 2.24) is 0 Å². The van der Waals surface area contributed by atoms with E-state index in [0.29, 0.717) is 18.7 Å². The van der Waals surface area contributed by atoms with E-state index in [0.717, 1.165) is 0 Å². The first-order valence-corrected chi connectivity index (χ1v) is 3.69. The SMILES string of the molecule is C=C(C)C(=O)COC1=NCCO1. The number of ketones is 1. The Morgan fingerprint density at radius 2 is 2.58 bits per heavy atom. The van der Waals surface area contributed by atoms with Gasteiger partial charge in [-0.3, -0.25) is 4.79 Å². The Balaban J connectivity index is 2.25. The van der Waals surface area contributed by atoms with Crippen LogP contribution in [0, 0.1) is 0 Å². The van der Waals surface area contributed by atoms with Gasteiger partial charge in [0.1, 0.15) is 6.61 Å². The number of hydrogen-bond donors (Lipinski definition) is 0. The molecule has 0 N–H and O–H groups in total. The Bertz CT molecular complexity index is 230. The molecule has 0 aromatic rings. The maximum atomic E-state index is 11.0. The summed E-state index contributed by atoms with van der Waals surface area (Å²) in [4.78, 5) is 14.8. The van der Waals surface area contributed by atoms with Gasteiger partial charge in [0.25, 0.3) is 0 Å². The number of hydrogen-bond acceptors (Lipinski definition) is 4. The third-order valence-corrected chi connectivity index (χ3v) is 1.36. The summed E-state index contributed by atoms with van der Waals surface area (Å²) in [5.74, 6) is -0.131. The molecule has 1 aliphatic rings. The first-order chi connectivity index (χ1) is 5.70. The summed E-state index contributed by atoms with van der Waals surface area (Å²) in [7, 11) is 0. The zero-order valence-electron chi connectivity index (χ0n) is 7.00. The van der Waals surface area contributed by atoms with E-state index in [1.54, 1.807) is 6.92 Å². The van der Waals surface area contributed by atoms with Gasteiger partial charge in [0, 0.05) is 0 Å². The van der Waals surface area contributed by atoms with Crippen molar-refractivity contribution >= 4 is 11.9 Å². The van der Waals surface area contributed by atoms with Crippen LogP contribution < -0.4 is 0 Å². The van der Waals surface area contributed by atoms with Crippen LogP contribution in [0.25, 0.3) is 0 Å². The zero-order chi connectivity index (χ0) is 8.97. The molecule has 0 atom stereocenters. The smallest absolute Gasteiger partial charge is 0.384 e. The Morgan fingerprint density at radius 1 is 1.83 bits per heavy atom. The third kappa shape index (κ3) is 2.38. The summed E-state index contributed by atoms with van der Waals surface area (Å²) in [6, 6.07) is 0. The third-order valence-electron chi connectivity index (χ3n) is 1.36. The van der Waals surface area contributed by atoms with Crippen LogP contribution in [-0.4, -0.2) is 31.6 Å². The molecule has 1 heterocycles. The van der Waals surface area contributed by atoms with Crippen LogP contribution in [0.3, 0.4) is 0 Å². The molecule has 0 saturated carbocycles. The van der Waals surface area contributed by atoms with Gasteiger partial charge in [-0.15, -0.1) is 0 Å². The van der Waals surface area contributed by atoms with Gasteiger partial charge in [0.05, 0.1) is 6.54 Å². The summed E-state index contributed by atoms with van der Waals surface area (Å²) in [5, 5.41) is 0. The van der Waals surface area contributed by atoms with Gasteiger partial charge >= 0.3 is 6.08 Å². The lowest BCUT2D eigenvalue weighted by Gasteiger charge is -2.02. The van der Waals surface area contributed by atoms with E-state index in [-0.39, 0.29) is 18.5 Å². The van der Waals surface area contributed by atoms with Gasteiger partial charge in [-0.25, -0.2) is 4.99 Å². The summed E-state index contributed by atoms with van der Waals surface area (Å²) in [5.41, 5.74) is 0.480. The number of carbonyl (C=O) groups is 1. The summed E-state index contributed by atoms with van der Waals surface area (Å²) in [6.45, 7) is 6.24. The van der Waals surface area contributed by atoms with Crippen LogP contribution in [0.2, 0.25) is 0 Å². The van der Waals surface area contributed by atoms with E-state index in [4.69, 9.17) is 9.47 Å². The minimum Gasteiger partial charge on any atom is -0.449 e. The molecule has 1 rings (SSSR count). The minimum atomic E-state index is -0.131. The Kier molecular flexibility index (Phi) is 2.85. The van der Waals surface area contributed by atoms with E-state index in [1.165, 1.54) is 0 Å². The molecule has 12 heavy (non-hydrogen) atoms. The summed E-state index contributed by atoms with van der Waals surface area (Å²) in [6.07, 6.45) is 0.213. The average molecular weight is 169 g/mol. The fourth-order valence-electron chi connectivity index (χ4n) is 0.653. The molecular formula is C8H11NO3. The summed E-state index contributed by atoms with van der Waals surface area (Å²) < 4.78 is 9.87. The molecule has 4 nitrogen and oxygen atoms in total. The van der Waals surface area contributed by atoms with Crippen molar-refractivity contribution in [1.29, 1.82) is 0 Å². The van der Waals surface area contributed by atoms with E-state index in [1.807, 2.05) is 0 Å². The number of nitrogens with zero attached hydrogens (tertiary/aromatic N) is 1. The van der Waals surface area contributed by atoms with Gasteiger partial charge < -0.3 is 9.47 Å². The predicted molar refractivity (Wildman–Crippen MR) is 44.0 cm³/mol. The Morgan fingerprint density at radius 3 is 3.08 bits per heavy atom. The molecule has 0 bridgehead atoms. The number of rotatable bonds is 3. The van der Waals surface area contributed by atoms with Crippen molar-refractivity contribution < 1.29 is 14.3 Å². The maximum Gasteiger partial charge on any atom is 0.384 e. The average Bonchev–Trinajstić information content (AvgIpc) is 2.51.